The zero-order valence-electron chi connectivity index (χ0n) is 10.5. The van der Waals surface area contributed by atoms with Crippen molar-refractivity contribution in [1.29, 1.82) is 0 Å². The maximum atomic E-state index is 12.2. The van der Waals surface area contributed by atoms with Crippen LogP contribution in [0, 0.1) is 0 Å². The number of pyridine rings is 1. The van der Waals surface area contributed by atoms with Crippen molar-refractivity contribution in [3.63, 3.8) is 0 Å². The summed E-state index contributed by atoms with van der Waals surface area (Å²) in [7, 11) is -3.64. The zero-order valence-corrected chi connectivity index (χ0v) is 11.3. The molecule has 8 heteroatoms. The molecule has 0 radical (unpaired) electrons. The highest BCUT2D eigenvalue weighted by molar-refractivity contribution is 7.89. The van der Waals surface area contributed by atoms with Gasteiger partial charge in [0.15, 0.2) is 0 Å². The predicted molar refractivity (Wildman–Crippen MR) is 70.8 cm³/mol. The predicted octanol–water partition coefficient (Wildman–Crippen LogP) is 0.215. The first kappa shape index (κ1) is 14.2. The molecule has 19 heavy (non-hydrogen) atoms. The molecule has 1 saturated heterocycles. The van der Waals surface area contributed by atoms with Crippen LogP contribution in [0.2, 0.25) is 0 Å². The summed E-state index contributed by atoms with van der Waals surface area (Å²) in [6.07, 6.45) is 5.64. The van der Waals surface area contributed by atoms with Gasteiger partial charge in [0.05, 0.1) is 11.8 Å². The Morgan fingerprint density at radius 3 is 3.00 bits per heavy atom. The van der Waals surface area contributed by atoms with Crippen LogP contribution >= 0.6 is 0 Å². The lowest BCUT2D eigenvalue weighted by molar-refractivity contribution is 0.0200. The molecule has 106 valence electrons. The van der Waals surface area contributed by atoms with E-state index in [0.717, 1.165) is 19.3 Å². The third-order valence-electron chi connectivity index (χ3n) is 3.00. The van der Waals surface area contributed by atoms with Gasteiger partial charge in [-0.3, -0.25) is 10.8 Å². The second-order valence-corrected chi connectivity index (χ2v) is 6.09. The second kappa shape index (κ2) is 6.29. The molecule has 1 fully saturated rings. The van der Waals surface area contributed by atoms with E-state index in [-0.39, 0.29) is 17.5 Å². The first-order chi connectivity index (χ1) is 9.13. The molecule has 1 aromatic heterocycles. The first-order valence-corrected chi connectivity index (χ1v) is 7.63. The van der Waals surface area contributed by atoms with E-state index in [1.807, 2.05) is 0 Å². The van der Waals surface area contributed by atoms with Crippen LogP contribution < -0.4 is 16.0 Å². The Kier molecular flexibility index (Phi) is 4.70. The van der Waals surface area contributed by atoms with Crippen LogP contribution in [-0.2, 0) is 14.8 Å². The van der Waals surface area contributed by atoms with Crippen molar-refractivity contribution in [3.8, 4) is 0 Å². The molecule has 1 unspecified atom stereocenters. The molecule has 1 aliphatic rings. The molecule has 7 nitrogen and oxygen atoms in total. The van der Waals surface area contributed by atoms with Crippen LogP contribution in [0.1, 0.15) is 19.3 Å². The summed E-state index contributed by atoms with van der Waals surface area (Å²) < 4.78 is 32.3. The molecule has 0 saturated carbocycles. The van der Waals surface area contributed by atoms with Crippen LogP contribution in [0.15, 0.2) is 23.4 Å². The number of hydrazine groups is 1. The summed E-state index contributed by atoms with van der Waals surface area (Å²) in [4.78, 5) is 3.84. The fraction of sp³-hybridized carbons (Fsp3) is 0.545. The third kappa shape index (κ3) is 3.63. The number of nitrogens with two attached hydrogens (primary N) is 1. The SMILES string of the molecule is NNc1ccncc1S(=O)(=O)NCC1CCCCO1. The van der Waals surface area contributed by atoms with Crippen LogP contribution in [0.4, 0.5) is 5.69 Å². The number of hydrogen-bond donors (Lipinski definition) is 3. The number of ether oxygens (including phenoxy) is 1. The average molecular weight is 286 g/mol. The van der Waals surface area contributed by atoms with Crippen molar-refractivity contribution in [3.05, 3.63) is 18.5 Å². The van der Waals surface area contributed by atoms with Crippen molar-refractivity contribution >= 4 is 15.7 Å². The average Bonchev–Trinajstić information content (AvgIpc) is 2.46. The largest absolute Gasteiger partial charge is 0.377 e. The lowest BCUT2D eigenvalue weighted by atomic mass is 10.1. The standard InChI is InChI=1S/C11H18N4O3S/c12-15-10-4-5-13-8-11(10)19(16,17)14-7-9-3-1-2-6-18-9/h4-5,8-9,14H,1-3,6-7,12H2,(H,13,15). The van der Waals surface area contributed by atoms with E-state index in [4.69, 9.17) is 10.6 Å². The van der Waals surface area contributed by atoms with Gasteiger partial charge < -0.3 is 10.2 Å². The van der Waals surface area contributed by atoms with E-state index in [9.17, 15) is 8.42 Å². The zero-order chi connectivity index (χ0) is 13.7. The van der Waals surface area contributed by atoms with E-state index in [1.165, 1.54) is 18.5 Å². The Morgan fingerprint density at radius 1 is 1.47 bits per heavy atom. The number of sulfonamides is 1. The van der Waals surface area contributed by atoms with E-state index >= 15 is 0 Å². The van der Waals surface area contributed by atoms with Gasteiger partial charge in [-0.2, -0.15) is 0 Å². The third-order valence-corrected chi connectivity index (χ3v) is 4.46. The lowest BCUT2D eigenvalue weighted by Gasteiger charge is -2.22. The molecule has 0 aromatic carbocycles. The van der Waals surface area contributed by atoms with Crippen LogP contribution in [-0.4, -0.2) is 32.7 Å². The van der Waals surface area contributed by atoms with Gasteiger partial charge >= 0.3 is 0 Å². The molecule has 4 N–H and O–H groups in total. The highest BCUT2D eigenvalue weighted by Crippen LogP contribution is 2.18. The number of anilines is 1. The van der Waals surface area contributed by atoms with Gasteiger partial charge in [0.2, 0.25) is 10.0 Å². The van der Waals surface area contributed by atoms with Crippen LogP contribution in [0.3, 0.4) is 0 Å². The molecule has 0 spiro atoms. The Labute approximate surface area is 112 Å². The monoisotopic (exact) mass is 286 g/mol. The second-order valence-electron chi connectivity index (χ2n) is 4.36. The molecule has 0 bridgehead atoms. The summed E-state index contributed by atoms with van der Waals surface area (Å²) in [5.41, 5.74) is 2.66. The van der Waals surface area contributed by atoms with Crippen LogP contribution in [0.5, 0.6) is 0 Å². The maximum Gasteiger partial charge on any atom is 0.244 e. The van der Waals surface area contributed by atoms with Gasteiger partial charge in [0.1, 0.15) is 4.90 Å². The van der Waals surface area contributed by atoms with Crippen molar-refractivity contribution in [2.75, 3.05) is 18.6 Å². The number of aromatic nitrogens is 1. The summed E-state index contributed by atoms with van der Waals surface area (Å²) >= 11 is 0. The first-order valence-electron chi connectivity index (χ1n) is 6.15. The van der Waals surface area contributed by atoms with E-state index in [1.54, 1.807) is 0 Å². The molecule has 1 aromatic rings. The van der Waals surface area contributed by atoms with Crippen molar-refractivity contribution < 1.29 is 13.2 Å². The van der Waals surface area contributed by atoms with Gasteiger partial charge in [0.25, 0.3) is 0 Å². The number of nitrogens with one attached hydrogen (secondary N) is 2. The lowest BCUT2D eigenvalue weighted by Crippen LogP contribution is -2.35. The molecular weight excluding hydrogens is 268 g/mol. The van der Waals surface area contributed by atoms with Gasteiger partial charge in [-0.1, -0.05) is 0 Å². The number of rotatable bonds is 5. The number of hydrogen-bond acceptors (Lipinski definition) is 6. The summed E-state index contributed by atoms with van der Waals surface area (Å²) in [6.45, 7) is 0.954. The number of nitrogen functional groups attached to an aromatic ring is 1. The van der Waals surface area contributed by atoms with Crippen molar-refractivity contribution in [2.45, 2.75) is 30.3 Å². The quantitative estimate of drug-likeness (QED) is 0.528. The highest BCUT2D eigenvalue weighted by Gasteiger charge is 2.21. The Bertz CT molecular complexity index is 514. The van der Waals surface area contributed by atoms with Gasteiger partial charge in [-0.15, -0.1) is 0 Å². The van der Waals surface area contributed by atoms with Crippen molar-refractivity contribution in [1.82, 2.24) is 9.71 Å². The van der Waals surface area contributed by atoms with Crippen LogP contribution in [0.25, 0.3) is 0 Å². The maximum absolute atomic E-state index is 12.2. The van der Waals surface area contributed by atoms with E-state index < -0.39 is 10.0 Å². The molecule has 2 heterocycles. The molecule has 2 rings (SSSR count). The highest BCUT2D eigenvalue weighted by atomic mass is 32.2. The van der Waals surface area contributed by atoms with Gasteiger partial charge in [-0.25, -0.2) is 13.1 Å². The summed E-state index contributed by atoms with van der Waals surface area (Å²) in [5.74, 6) is 5.29. The van der Waals surface area contributed by atoms with Gasteiger partial charge in [-0.05, 0) is 25.3 Å². The summed E-state index contributed by atoms with van der Waals surface area (Å²) in [6, 6.07) is 1.51. The Morgan fingerprint density at radius 2 is 2.32 bits per heavy atom. The molecule has 1 atom stereocenters. The fourth-order valence-electron chi connectivity index (χ4n) is 1.96. The minimum atomic E-state index is -3.64. The molecule has 0 amide bonds. The topological polar surface area (TPSA) is 106 Å². The minimum Gasteiger partial charge on any atom is -0.377 e. The molecule has 0 aliphatic carbocycles. The van der Waals surface area contributed by atoms with Gasteiger partial charge in [0, 0.05) is 25.5 Å². The number of nitrogens with zero attached hydrogens (tertiary/aromatic N) is 1. The smallest absolute Gasteiger partial charge is 0.244 e. The van der Waals surface area contributed by atoms with E-state index in [2.05, 4.69) is 15.1 Å². The molecule has 1 aliphatic heterocycles. The summed E-state index contributed by atoms with van der Waals surface area (Å²) in [5, 5.41) is 0. The van der Waals surface area contributed by atoms with E-state index in [0.29, 0.717) is 12.3 Å². The normalized spacial score (nSPS) is 20.2. The Balaban J connectivity index is 2.05. The minimum absolute atomic E-state index is 0.0355. The fourth-order valence-corrected chi connectivity index (χ4v) is 3.14. The Hall–Kier alpha value is -1.22. The van der Waals surface area contributed by atoms with Crippen molar-refractivity contribution in [2.24, 2.45) is 5.84 Å². The molecular formula is C11H18N4O3S.